The maximum atomic E-state index is 12.4. The zero-order valence-corrected chi connectivity index (χ0v) is 16.4. The molecule has 0 N–H and O–H groups in total. The third-order valence-electron chi connectivity index (χ3n) is 4.19. The molecule has 0 bridgehead atoms. The van der Waals surface area contributed by atoms with Crippen LogP contribution >= 0.6 is 11.8 Å². The molecular weight excluding hydrogens is 398 g/mol. The number of ether oxygens (including phenoxy) is 1. The Morgan fingerprint density at radius 3 is 2.69 bits per heavy atom. The normalized spacial score (nSPS) is 15.2. The second-order valence-electron chi connectivity index (χ2n) is 6.04. The maximum Gasteiger partial charge on any atom is 0.326 e. The van der Waals surface area contributed by atoms with E-state index in [4.69, 9.17) is 9.15 Å². The second kappa shape index (κ2) is 8.36. The summed E-state index contributed by atoms with van der Waals surface area (Å²) in [6.07, 6.45) is 1.40. The van der Waals surface area contributed by atoms with E-state index in [0.717, 1.165) is 4.90 Å². The van der Waals surface area contributed by atoms with Crippen molar-refractivity contribution in [2.24, 2.45) is 0 Å². The van der Waals surface area contributed by atoms with E-state index in [1.807, 2.05) is 0 Å². The Balaban J connectivity index is 1.83. The summed E-state index contributed by atoms with van der Waals surface area (Å²) in [5, 5.41) is 10.6. The van der Waals surface area contributed by atoms with Crippen molar-refractivity contribution in [2.75, 3.05) is 13.2 Å². The molecule has 1 saturated heterocycles. The Hall–Kier alpha value is -3.33. The first kappa shape index (κ1) is 20.4. The van der Waals surface area contributed by atoms with E-state index in [2.05, 4.69) is 0 Å². The van der Waals surface area contributed by atoms with Gasteiger partial charge in [0.25, 0.3) is 11.1 Å². The van der Waals surface area contributed by atoms with Crippen LogP contribution in [0, 0.1) is 6.92 Å². The number of benzene rings is 1. The highest BCUT2D eigenvalue weighted by Gasteiger charge is 2.36. The number of carbonyl (C=O) groups is 4. The first-order valence-electron chi connectivity index (χ1n) is 8.64. The summed E-state index contributed by atoms with van der Waals surface area (Å²) in [7, 11) is 0. The van der Waals surface area contributed by atoms with Crippen molar-refractivity contribution in [2.45, 2.75) is 13.8 Å². The summed E-state index contributed by atoms with van der Waals surface area (Å²) in [4.78, 5) is 48.1. The van der Waals surface area contributed by atoms with Crippen LogP contribution in [0.15, 0.2) is 39.7 Å². The van der Waals surface area contributed by atoms with E-state index in [0.29, 0.717) is 34.4 Å². The summed E-state index contributed by atoms with van der Waals surface area (Å²) in [5.74, 6) is -1.85. The van der Waals surface area contributed by atoms with Gasteiger partial charge >= 0.3 is 5.97 Å². The number of aromatic carboxylic acids is 1. The Kier molecular flexibility index (Phi) is 5.88. The SMILES string of the molecule is CCOC(=O)CN1C(=O)S/C(=C/c2ccc(-c3cccc(C(=O)[O-])c3C)o2)C1=O. The van der Waals surface area contributed by atoms with Crippen LogP contribution in [0.2, 0.25) is 0 Å². The largest absolute Gasteiger partial charge is 0.545 e. The van der Waals surface area contributed by atoms with Crippen LogP contribution in [-0.2, 0) is 14.3 Å². The van der Waals surface area contributed by atoms with E-state index in [-0.39, 0.29) is 17.1 Å². The Morgan fingerprint density at radius 2 is 2.00 bits per heavy atom. The molecule has 1 aliphatic rings. The molecular formula is C20H16NO7S-. The number of hydrogen-bond donors (Lipinski definition) is 0. The standard InChI is InChI=1S/C20H17NO7S/c1-3-27-17(22)10-21-18(23)16(29-20(21)26)9-12-7-8-15(28-12)13-5-4-6-14(11(13)2)19(24)25/h4-9H,3,10H2,1-2H3,(H,24,25)/p-1/b16-9+. The number of thioether (sulfide) groups is 1. The number of carboxylic acids is 1. The third kappa shape index (κ3) is 4.24. The van der Waals surface area contributed by atoms with E-state index in [1.165, 1.54) is 12.1 Å². The van der Waals surface area contributed by atoms with Gasteiger partial charge in [0.2, 0.25) is 0 Å². The van der Waals surface area contributed by atoms with Gasteiger partial charge in [-0.05, 0) is 43.3 Å². The molecule has 1 fully saturated rings. The monoisotopic (exact) mass is 414 g/mol. The summed E-state index contributed by atoms with van der Waals surface area (Å²) in [6.45, 7) is 2.97. The van der Waals surface area contributed by atoms with Crippen molar-refractivity contribution in [3.05, 3.63) is 52.1 Å². The minimum atomic E-state index is -1.29. The lowest BCUT2D eigenvalue weighted by Gasteiger charge is -2.10. The van der Waals surface area contributed by atoms with E-state index >= 15 is 0 Å². The molecule has 0 unspecified atom stereocenters. The number of furan rings is 1. The maximum absolute atomic E-state index is 12.4. The van der Waals surface area contributed by atoms with Gasteiger partial charge < -0.3 is 19.1 Å². The highest BCUT2D eigenvalue weighted by molar-refractivity contribution is 8.18. The molecule has 2 amide bonds. The van der Waals surface area contributed by atoms with Gasteiger partial charge in [0, 0.05) is 17.2 Å². The average Bonchev–Trinajstić information content (AvgIpc) is 3.22. The van der Waals surface area contributed by atoms with Crippen molar-refractivity contribution in [1.29, 1.82) is 0 Å². The number of imide groups is 1. The quantitative estimate of drug-likeness (QED) is 0.522. The number of carboxylic acid groups (broad SMARTS) is 1. The molecule has 2 heterocycles. The highest BCUT2D eigenvalue weighted by atomic mass is 32.2. The molecule has 9 heteroatoms. The van der Waals surface area contributed by atoms with Crippen LogP contribution in [0.4, 0.5) is 4.79 Å². The Bertz CT molecular complexity index is 1040. The van der Waals surface area contributed by atoms with Crippen LogP contribution < -0.4 is 5.11 Å². The molecule has 0 aliphatic carbocycles. The molecule has 3 rings (SSSR count). The Labute approximate surface area is 170 Å². The number of rotatable bonds is 6. The van der Waals surface area contributed by atoms with Gasteiger partial charge in [-0.25, -0.2) is 0 Å². The van der Waals surface area contributed by atoms with Crippen molar-refractivity contribution in [3.8, 4) is 11.3 Å². The minimum absolute atomic E-state index is 0.0561. The highest BCUT2D eigenvalue weighted by Crippen LogP contribution is 2.34. The minimum Gasteiger partial charge on any atom is -0.545 e. The van der Waals surface area contributed by atoms with Gasteiger partial charge in [-0.3, -0.25) is 19.3 Å². The summed E-state index contributed by atoms with van der Waals surface area (Å²) in [5.41, 5.74) is 1.12. The molecule has 0 spiro atoms. The fourth-order valence-corrected chi connectivity index (χ4v) is 3.62. The van der Waals surface area contributed by atoms with Crippen LogP contribution in [0.5, 0.6) is 0 Å². The van der Waals surface area contributed by atoms with Crippen molar-refractivity contribution in [1.82, 2.24) is 4.90 Å². The number of carbonyl (C=O) groups excluding carboxylic acids is 4. The topological polar surface area (TPSA) is 117 Å². The molecule has 0 saturated carbocycles. The van der Waals surface area contributed by atoms with Gasteiger partial charge in [0.15, 0.2) is 0 Å². The van der Waals surface area contributed by atoms with Crippen molar-refractivity contribution in [3.63, 3.8) is 0 Å². The smallest absolute Gasteiger partial charge is 0.326 e. The second-order valence-corrected chi connectivity index (χ2v) is 7.03. The van der Waals surface area contributed by atoms with E-state index in [9.17, 15) is 24.3 Å². The summed E-state index contributed by atoms with van der Waals surface area (Å²) in [6, 6.07) is 7.96. The van der Waals surface area contributed by atoms with Crippen LogP contribution in [0.1, 0.15) is 28.6 Å². The number of amides is 2. The predicted octanol–water partition coefficient (Wildman–Crippen LogP) is 2.22. The first-order chi connectivity index (χ1) is 13.8. The predicted molar refractivity (Wildman–Crippen MR) is 103 cm³/mol. The van der Waals surface area contributed by atoms with Crippen molar-refractivity contribution >= 4 is 40.9 Å². The van der Waals surface area contributed by atoms with E-state index < -0.39 is 29.6 Å². The molecule has 2 aromatic rings. The molecule has 1 aliphatic heterocycles. The average molecular weight is 414 g/mol. The molecule has 0 radical (unpaired) electrons. The molecule has 8 nitrogen and oxygen atoms in total. The zero-order valence-electron chi connectivity index (χ0n) is 15.6. The Morgan fingerprint density at radius 1 is 1.24 bits per heavy atom. The molecule has 0 atom stereocenters. The van der Waals surface area contributed by atoms with Crippen LogP contribution in [0.25, 0.3) is 17.4 Å². The van der Waals surface area contributed by atoms with Crippen LogP contribution in [-0.4, -0.2) is 41.1 Å². The lowest BCUT2D eigenvalue weighted by Crippen LogP contribution is -2.34. The summed E-state index contributed by atoms with van der Waals surface area (Å²) >= 11 is 0.696. The molecule has 29 heavy (non-hydrogen) atoms. The first-order valence-corrected chi connectivity index (χ1v) is 9.45. The van der Waals surface area contributed by atoms with Gasteiger partial charge in [0.1, 0.15) is 18.1 Å². The summed E-state index contributed by atoms with van der Waals surface area (Å²) < 4.78 is 10.5. The lowest BCUT2D eigenvalue weighted by atomic mass is 10.0. The fraction of sp³-hybridized carbons (Fsp3) is 0.200. The third-order valence-corrected chi connectivity index (χ3v) is 5.09. The zero-order chi connectivity index (χ0) is 21.1. The lowest BCUT2D eigenvalue weighted by molar-refractivity contribution is -0.255. The molecule has 1 aromatic carbocycles. The fourth-order valence-electron chi connectivity index (χ4n) is 2.80. The number of esters is 1. The van der Waals surface area contributed by atoms with Crippen LogP contribution in [0.3, 0.4) is 0 Å². The van der Waals surface area contributed by atoms with Gasteiger partial charge in [0.05, 0.1) is 17.5 Å². The van der Waals surface area contributed by atoms with Gasteiger partial charge in [-0.15, -0.1) is 0 Å². The van der Waals surface area contributed by atoms with E-state index in [1.54, 1.807) is 38.1 Å². The number of nitrogens with zero attached hydrogens (tertiary/aromatic N) is 1. The number of hydrogen-bond acceptors (Lipinski definition) is 8. The van der Waals surface area contributed by atoms with Gasteiger partial charge in [-0.1, -0.05) is 18.2 Å². The van der Waals surface area contributed by atoms with Crippen molar-refractivity contribution < 1.29 is 33.4 Å². The molecule has 1 aromatic heterocycles. The van der Waals surface area contributed by atoms with Gasteiger partial charge in [-0.2, -0.15) is 0 Å². The molecule has 150 valence electrons.